The maximum atomic E-state index is 11.2. The van der Waals surface area contributed by atoms with Crippen LogP contribution in [-0.2, 0) is 6.42 Å². The van der Waals surface area contributed by atoms with Crippen molar-refractivity contribution in [3.63, 3.8) is 0 Å². The molecule has 0 heterocycles. The Morgan fingerprint density at radius 3 is 2.43 bits per heavy atom. The number of rotatable bonds is 5. The number of hydrogen-bond donors (Lipinski definition) is 1. The number of carboxylic acid groups (broad SMARTS) is 1. The van der Waals surface area contributed by atoms with Gasteiger partial charge >= 0.3 is 11.7 Å². The summed E-state index contributed by atoms with van der Waals surface area (Å²) in [5.41, 5.74) is 0.460. The molecule has 0 saturated carbocycles. The lowest BCUT2D eigenvalue weighted by Gasteiger charge is -2.09. The molecule has 0 aliphatic heterocycles. The van der Waals surface area contributed by atoms with Gasteiger partial charge in [-0.2, -0.15) is 0 Å². The van der Waals surface area contributed by atoms with E-state index in [-0.39, 0.29) is 17.0 Å². The fourth-order valence-corrected chi connectivity index (χ4v) is 1.86. The van der Waals surface area contributed by atoms with E-state index in [0.717, 1.165) is 12.0 Å². The Bertz CT molecular complexity index is 647. The van der Waals surface area contributed by atoms with Crippen molar-refractivity contribution in [2.24, 2.45) is 0 Å². The molecule has 21 heavy (non-hydrogen) atoms. The van der Waals surface area contributed by atoms with Gasteiger partial charge in [0, 0.05) is 6.07 Å². The molecule has 2 aromatic carbocycles. The Hall–Kier alpha value is -2.89. The van der Waals surface area contributed by atoms with Gasteiger partial charge in [-0.05, 0) is 30.2 Å². The smallest absolute Gasteiger partial charge is 0.339 e. The first-order valence-electron chi connectivity index (χ1n) is 6.30. The summed E-state index contributed by atoms with van der Waals surface area (Å²) in [4.78, 5) is 21.5. The van der Waals surface area contributed by atoms with Crippen LogP contribution in [0.1, 0.15) is 22.8 Å². The number of aromatic carboxylic acids is 1. The molecule has 6 nitrogen and oxygen atoms in total. The summed E-state index contributed by atoms with van der Waals surface area (Å²) < 4.78 is 5.44. The molecule has 2 aromatic rings. The molecule has 0 bridgehead atoms. The minimum absolute atomic E-state index is 0.247. The number of para-hydroxylation sites is 1. The third kappa shape index (κ3) is 3.17. The van der Waals surface area contributed by atoms with Gasteiger partial charge in [0.2, 0.25) is 5.75 Å². The number of ether oxygens (including phenoxy) is 1. The molecule has 0 radical (unpaired) electrons. The topological polar surface area (TPSA) is 89.7 Å². The molecule has 0 spiro atoms. The van der Waals surface area contributed by atoms with E-state index < -0.39 is 10.9 Å². The third-order valence-corrected chi connectivity index (χ3v) is 2.97. The number of nitrogens with zero attached hydrogens (tertiary/aromatic N) is 1. The Balaban J connectivity index is 2.45. The predicted molar refractivity (Wildman–Crippen MR) is 75.9 cm³/mol. The molecule has 0 aliphatic carbocycles. The summed E-state index contributed by atoms with van der Waals surface area (Å²) in [6, 6.07) is 10.7. The van der Waals surface area contributed by atoms with Gasteiger partial charge in [-0.1, -0.05) is 25.1 Å². The van der Waals surface area contributed by atoms with Crippen LogP contribution in [0.5, 0.6) is 11.5 Å². The number of carboxylic acids is 1. The van der Waals surface area contributed by atoms with Crippen molar-refractivity contribution in [1.82, 2.24) is 0 Å². The number of benzene rings is 2. The molecule has 0 fully saturated rings. The van der Waals surface area contributed by atoms with Crippen LogP contribution in [0.15, 0.2) is 42.5 Å². The van der Waals surface area contributed by atoms with E-state index in [1.807, 2.05) is 19.1 Å². The first kappa shape index (κ1) is 14.5. The molecule has 0 aromatic heterocycles. The van der Waals surface area contributed by atoms with E-state index in [9.17, 15) is 14.9 Å². The molecular formula is C15H13NO5. The summed E-state index contributed by atoms with van der Waals surface area (Å²) in [7, 11) is 0. The first-order valence-corrected chi connectivity index (χ1v) is 6.30. The lowest BCUT2D eigenvalue weighted by atomic mass is 10.1. The highest BCUT2D eigenvalue weighted by molar-refractivity contribution is 5.92. The summed E-state index contributed by atoms with van der Waals surface area (Å²) in [6.45, 7) is 2.00. The zero-order valence-electron chi connectivity index (χ0n) is 11.3. The fourth-order valence-electron chi connectivity index (χ4n) is 1.86. The molecule has 6 heteroatoms. The summed E-state index contributed by atoms with van der Waals surface area (Å²) >= 11 is 0. The van der Waals surface area contributed by atoms with Gasteiger partial charge < -0.3 is 9.84 Å². The molecule has 108 valence electrons. The zero-order chi connectivity index (χ0) is 15.4. The fraction of sp³-hybridized carbons (Fsp3) is 0.133. The highest BCUT2D eigenvalue weighted by Crippen LogP contribution is 2.34. The van der Waals surface area contributed by atoms with Gasteiger partial charge in [-0.3, -0.25) is 10.1 Å². The van der Waals surface area contributed by atoms with E-state index in [0.29, 0.717) is 5.75 Å². The third-order valence-electron chi connectivity index (χ3n) is 2.97. The summed E-state index contributed by atoms with van der Waals surface area (Å²) in [5.74, 6) is -1.19. The number of carbonyl (C=O) groups is 1. The van der Waals surface area contributed by atoms with Crippen LogP contribution in [0.2, 0.25) is 0 Å². The maximum Gasteiger partial charge on any atom is 0.339 e. The predicted octanol–water partition coefficient (Wildman–Crippen LogP) is 3.65. The minimum Gasteiger partial charge on any atom is -0.478 e. The van der Waals surface area contributed by atoms with Crippen molar-refractivity contribution < 1.29 is 19.6 Å². The van der Waals surface area contributed by atoms with Crippen molar-refractivity contribution >= 4 is 11.7 Å². The van der Waals surface area contributed by atoms with Crippen molar-refractivity contribution in [2.45, 2.75) is 13.3 Å². The van der Waals surface area contributed by atoms with Gasteiger partial charge in [-0.25, -0.2) is 4.79 Å². The lowest BCUT2D eigenvalue weighted by Crippen LogP contribution is -2.03. The maximum absolute atomic E-state index is 11.2. The Morgan fingerprint density at radius 1 is 1.24 bits per heavy atom. The number of hydrogen-bond acceptors (Lipinski definition) is 4. The minimum atomic E-state index is -1.28. The van der Waals surface area contributed by atoms with Crippen molar-refractivity contribution in [3.05, 3.63) is 63.7 Å². The van der Waals surface area contributed by atoms with Gasteiger partial charge in [0.05, 0.1) is 4.92 Å². The van der Waals surface area contributed by atoms with Crippen LogP contribution < -0.4 is 4.74 Å². The van der Waals surface area contributed by atoms with Gasteiger partial charge in [-0.15, -0.1) is 0 Å². The zero-order valence-corrected chi connectivity index (χ0v) is 11.3. The summed E-state index contributed by atoms with van der Waals surface area (Å²) in [6.07, 6.45) is 0.853. The molecule has 0 saturated heterocycles. The molecular weight excluding hydrogens is 274 g/mol. The van der Waals surface area contributed by atoms with Crippen molar-refractivity contribution in [1.29, 1.82) is 0 Å². The number of nitro benzene ring substituents is 1. The van der Waals surface area contributed by atoms with Crippen molar-refractivity contribution in [3.8, 4) is 11.5 Å². The van der Waals surface area contributed by atoms with E-state index in [1.165, 1.54) is 18.2 Å². The standard InChI is InChI=1S/C15H13NO5/c1-2-10-6-8-11(9-7-10)21-14-12(15(17)18)4-3-5-13(14)16(19)20/h3-9H,2H2,1H3,(H,17,18). The molecule has 0 amide bonds. The van der Waals surface area contributed by atoms with Crippen LogP contribution >= 0.6 is 0 Å². The van der Waals surface area contributed by atoms with Crippen LogP contribution in [0.25, 0.3) is 0 Å². The van der Waals surface area contributed by atoms with Crippen LogP contribution in [0, 0.1) is 10.1 Å². The van der Waals surface area contributed by atoms with Crippen LogP contribution in [0.3, 0.4) is 0 Å². The Morgan fingerprint density at radius 2 is 1.90 bits per heavy atom. The SMILES string of the molecule is CCc1ccc(Oc2c(C(=O)O)cccc2[N+](=O)[O-])cc1. The largest absolute Gasteiger partial charge is 0.478 e. The van der Waals surface area contributed by atoms with Gasteiger partial charge in [0.15, 0.2) is 0 Å². The first-order chi connectivity index (χ1) is 10.0. The van der Waals surface area contributed by atoms with Gasteiger partial charge in [0.25, 0.3) is 0 Å². The highest BCUT2D eigenvalue weighted by atomic mass is 16.6. The average molecular weight is 287 g/mol. The van der Waals surface area contributed by atoms with Crippen LogP contribution in [-0.4, -0.2) is 16.0 Å². The average Bonchev–Trinajstić information content (AvgIpc) is 2.47. The van der Waals surface area contributed by atoms with E-state index in [1.54, 1.807) is 12.1 Å². The summed E-state index contributed by atoms with van der Waals surface area (Å²) in [5, 5.41) is 20.1. The van der Waals surface area contributed by atoms with E-state index in [2.05, 4.69) is 0 Å². The Kier molecular flexibility index (Phi) is 4.18. The molecule has 0 aliphatic rings. The second kappa shape index (κ2) is 6.04. The van der Waals surface area contributed by atoms with Crippen LogP contribution in [0.4, 0.5) is 5.69 Å². The highest BCUT2D eigenvalue weighted by Gasteiger charge is 2.23. The van der Waals surface area contributed by atoms with E-state index in [4.69, 9.17) is 9.84 Å². The molecule has 1 N–H and O–H groups in total. The quantitative estimate of drug-likeness (QED) is 0.669. The molecule has 0 atom stereocenters. The normalized spacial score (nSPS) is 10.1. The van der Waals surface area contributed by atoms with Crippen molar-refractivity contribution in [2.75, 3.05) is 0 Å². The monoisotopic (exact) mass is 287 g/mol. The number of aryl methyl sites for hydroxylation is 1. The second-order valence-electron chi connectivity index (χ2n) is 4.32. The lowest BCUT2D eigenvalue weighted by molar-refractivity contribution is -0.385. The van der Waals surface area contributed by atoms with E-state index >= 15 is 0 Å². The van der Waals surface area contributed by atoms with Gasteiger partial charge in [0.1, 0.15) is 11.3 Å². The number of nitro groups is 1. The Labute approximate surface area is 120 Å². The molecule has 0 unspecified atom stereocenters. The second-order valence-corrected chi connectivity index (χ2v) is 4.32. The molecule has 2 rings (SSSR count).